The lowest BCUT2D eigenvalue weighted by Crippen LogP contribution is -2.31. The number of halogens is 3. The summed E-state index contributed by atoms with van der Waals surface area (Å²) in [7, 11) is 0. The highest BCUT2D eigenvalue weighted by atomic mass is 35.5. The summed E-state index contributed by atoms with van der Waals surface area (Å²) >= 11 is 20.4. The highest BCUT2D eigenvalue weighted by Crippen LogP contribution is 2.41. The predicted molar refractivity (Wildman–Crippen MR) is 198 cm³/mol. The molecule has 1 aliphatic heterocycles. The average Bonchev–Trinajstić information content (AvgIpc) is 3.48. The van der Waals surface area contributed by atoms with Gasteiger partial charge >= 0.3 is 0 Å². The van der Waals surface area contributed by atoms with E-state index >= 15 is 0 Å². The highest BCUT2D eigenvalue weighted by molar-refractivity contribution is 7.98. The van der Waals surface area contributed by atoms with Crippen molar-refractivity contribution in [3.05, 3.63) is 133 Å². The first-order valence-electron chi connectivity index (χ1n) is 15.6. The van der Waals surface area contributed by atoms with Gasteiger partial charge in [0.05, 0.1) is 12.2 Å². The first kappa shape index (κ1) is 34.7. The van der Waals surface area contributed by atoms with Crippen LogP contribution >= 0.6 is 46.6 Å². The zero-order valence-electron chi connectivity index (χ0n) is 27.3. The van der Waals surface area contributed by atoms with Crippen molar-refractivity contribution >= 4 is 64.1 Å². The van der Waals surface area contributed by atoms with E-state index in [-0.39, 0.29) is 12.5 Å². The van der Waals surface area contributed by atoms with Gasteiger partial charge in [-0.1, -0.05) is 89.0 Å². The van der Waals surface area contributed by atoms with Crippen LogP contribution in [0.4, 0.5) is 11.6 Å². The molecule has 252 valence electrons. The van der Waals surface area contributed by atoms with Gasteiger partial charge in [0.1, 0.15) is 12.6 Å². The first-order valence-corrected chi connectivity index (χ1v) is 17.8. The molecule has 12 heteroatoms. The minimum absolute atomic E-state index is 0.213. The van der Waals surface area contributed by atoms with Crippen molar-refractivity contribution in [1.29, 1.82) is 0 Å². The standard InChI is InChI=1S/C37H34Cl3N5O3S/c1-5-47-32-17-24(14-16-31(32)48-19-25-13-15-27(38)18-29(25)40)34-33(35(46)42-30-12-8-9-21(2)22(30)3)23(4)41-36-43-37(44-45(34)36)49-20-26-10-6-7-11-28(26)39/h6-18,34H,5,19-20H2,1-4H3,(H,42,46)(H,41,43,44). The van der Waals surface area contributed by atoms with Crippen LogP contribution in [0.3, 0.4) is 0 Å². The van der Waals surface area contributed by atoms with Crippen molar-refractivity contribution in [2.24, 2.45) is 0 Å². The van der Waals surface area contributed by atoms with E-state index < -0.39 is 6.04 Å². The molecule has 0 saturated heterocycles. The molecule has 0 fully saturated rings. The molecular formula is C37H34Cl3N5O3S. The molecule has 1 aromatic heterocycles. The largest absolute Gasteiger partial charge is 0.490 e. The third-order valence-electron chi connectivity index (χ3n) is 8.23. The van der Waals surface area contributed by atoms with Gasteiger partial charge in [0.15, 0.2) is 11.5 Å². The summed E-state index contributed by atoms with van der Waals surface area (Å²) in [5, 5.41) is 13.7. The molecule has 4 aromatic carbocycles. The number of allylic oxidation sites excluding steroid dienone is 1. The van der Waals surface area contributed by atoms with Gasteiger partial charge in [0.2, 0.25) is 11.1 Å². The Kier molecular flexibility index (Phi) is 10.7. The van der Waals surface area contributed by atoms with Crippen LogP contribution in [0.5, 0.6) is 11.5 Å². The Labute approximate surface area is 304 Å². The molecule has 49 heavy (non-hydrogen) atoms. The number of fused-ring (bicyclic) bond motifs is 1. The molecule has 2 N–H and O–H groups in total. The monoisotopic (exact) mass is 733 g/mol. The van der Waals surface area contributed by atoms with Gasteiger partial charge in [-0.25, -0.2) is 4.68 Å². The smallest absolute Gasteiger partial charge is 0.255 e. The Morgan fingerprint density at radius 3 is 2.51 bits per heavy atom. The minimum atomic E-state index is -0.637. The second-order valence-corrected chi connectivity index (χ2v) is 13.7. The van der Waals surface area contributed by atoms with Crippen LogP contribution in [0, 0.1) is 13.8 Å². The molecule has 0 spiro atoms. The molecular weight excluding hydrogens is 701 g/mol. The Hall–Kier alpha value is -4.15. The Morgan fingerprint density at radius 2 is 1.73 bits per heavy atom. The van der Waals surface area contributed by atoms with Gasteiger partial charge < -0.3 is 20.1 Å². The van der Waals surface area contributed by atoms with Crippen LogP contribution < -0.4 is 20.1 Å². The quantitative estimate of drug-likeness (QED) is 0.131. The van der Waals surface area contributed by atoms with Crippen LogP contribution in [0.25, 0.3) is 0 Å². The molecule has 6 rings (SSSR count). The van der Waals surface area contributed by atoms with Crippen molar-refractivity contribution in [3.8, 4) is 11.5 Å². The first-order chi connectivity index (χ1) is 23.6. The maximum Gasteiger partial charge on any atom is 0.255 e. The van der Waals surface area contributed by atoms with Crippen LogP contribution in [0.1, 0.15) is 47.7 Å². The molecule has 8 nitrogen and oxygen atoms in total. The summed E-state index contributed by atoms with van der Waals surface area (Å²) in [6, 6.07) is 23.8. The number of aryl methyl sites for hydroxylation is 1. The summed E-state index contributed by atoms with van der Waals surface area (Å²) in [4.78, 5) is 19.0. The molecule has 5 aromatic rings. The second-order valence-electron chi connectivity index (χ2n) is 11.5. The second kappa shape index (κ2) is 15.2. The summed E-state index contributed by atoms with van der Waals surface area (Å²) in [6.07, 6.45) is 0. The van der Waals surface area contributed by atoms with E-state index in [0.717, 1.165) is 33.5 Å². The van der Waals surface area contributed by atoms with Gasteiger partial charge in [-0.2, -0.15) is 4.98 Å². The fourth-order valence-electron chi connectivity index (χ4n) is 5.51. The molecule has 1 amide bonds. The fraction of sp³-hybridized carbons (Fsp3) is 0.216. The number of nitrogens with zero attached hydrogens (tertiary/aromatic N) is 3. The number of hydrogen-bond donors (Lipinski definition) is 2. The number of carbonyl (C=O) groups is 1. The number of thioether (sulfide) groups is 1. The number of rotatable bonds is 11. The van der Waals surface area contributed by atoms with Crippen molar-refractivity contribution in [2.45, 2.75) is 51.3 Å². The van der Waals surface area contributed by atoms with E-state index in [9.17, 15) is 4.79 Å². The maximum absolute atomic E-state index is 14.2. The van der Waals surface area contributed by atoms with E-state index in [1.54, 1.807) is 16.8 Å². The summed E-state index contributed by atoms with van der Waals surface area (Å²) in [5.41, 5.74) is 6.49. The van der Waals surface area contributed by atoms with Gasteiger partial charge in [0.25, 0.3) is 5.91 Å². The van der Waals surface area contributed by atoms with E-state index in [4.69, 9.17) is 54.4 Å². The summed E-state index contributed by atoms with van der Waals surface area (Å²) < 4.78 is 14.0. The lowest BCUT2D eigenvalue weighted by molar-refractivity contribution is -0.113. The Bertz CT molecular complexity index is 2070. The summed E-state index contributed by atoms with van der Waals surface area (Å²) in [5.74, 6) is 1.89. The third kappa shape index (κ3) is 7.70. The molecule has 2 heterocycles. The molecule has 0 radical (unpaired) electrons. The topological polar surface area (TPSA) is 90.3 Å². The fourth-order valence-corrected chi connectivity index (χ4v) is 7.08. The van der Waals surface area contributed by atoms with Crippen molar-refractivity contribution in [2.75, 3.05) is 17.2 Å². The zero-order chi connectivity index (χ0) is 34.7. The number of ether oxygens (including phenoxy) is 2. The van der Waals surface area contributed by atoms with Crippen molar-refractivity contribution < 1.29 is 14.3 Å². The number of benzene rings is 4. The van der Waals surface area contributed by atoms with Crippen LogP contribution in [0.15, 0.2) is 95.3 Å². The minimum Gasteiger partial charge on any atom is -0.490 e. The SMILES string of the molecule is CCOc1cc(C2C(C(=O)Nc3cccc(C)c3C)=C(C)Nc3nc(SCc4ccccc4Cl)nn32)ccc1OCc1ccc(Cl)cc1Cl. The van der Waals surface area contributed by atoms with E-state index in [2.05, 4.69) is 10.6 Å². The maximum atomic E-state index is 14.2. The van der Waals surface area contributed by atoms with Gasteiger partial charge in [-0.15, -0.1) is 5.10 Å². The molecule has 1 aliphatic rings. The predicted octanol–water partition coefficient (Wildman–Crippen LogP) is 10.1. The van der Waals surface area contributed by atoms with E-state index in [1.807, 2.05) is 94.4 Å². The zero-order valence-corrected chi connectivity index (χ0v) is 30.4. The van der Waals surface area contributed by atoms with Gasteiger partial charge in [-0.05, 0) is 86.3 Å². The number of amides is 1. The molecule has 0 aliphatic carbocycles. The van der Waals surface area contributed by atoms with Crippen molar-refractivity contribution in [3.63, 3.8) is 0 Å². The Balaban J connectivity index is 1.37. The van der Waals surface area contributed by atoms with Crippen LogP contribution in [0.2, 0.25) is 15.1 Å². The van der Waals surface area contributed by atoms with E-state index in [0.29, 0.717) is 61.3 Å². The molecule has 0 bridgehead atoms. The van der Waals surface area contributed by atoms with E-state index in [1.165, 1.54) is 11.8 Å². The van der Waals surface area contributed by atoms with Crippen LogP contribution in [-0.2, 0) is 17.2 Å². The third-order valence-corrected chi connectivity index (χ3v) is 10.1. The lowest BCUT2D eigenvalue weighted by Gasteiger charge is -2.29. The summed E-state index contributed by atoms with van der Waals surface area (Å²) in [6.45, 7) is 8.40. The number of carbonyl (C=O) groups excluding carboxylic acids is 1. The van der Waals surface area contributed by atoms with Crippen LogP contribution in [-0.4, -0.2) is 27.3 Å². The normalized spacial score (nSPS) is 13.9. The molecule has 0 saturated carbocycles. The highest BCUT2D eigenvalue weighted by Gasteiger charge is 2.35. The number of anilines is 2. The molecule has 1 unspecified atom stereocenters. The molecule has 1 atom stereocenters. The number of aromatic nitrogens is 3. The van der Waals surface area contributed by atoms with Gasteiger partial charge in [-0.3, -0.25) is 4.79 Å². The number of nitrogens with one attached hydrogen (secondary N) is 2. The lowest BCUT2D eigenvalue weighted by atomic mass is 9.94. The number of hydrogen-bond acceptors (Lipinski definition) is 7. The Morgan fingerprint density at radius 1 is 0.918 bits per heavy atom. The van der Waals surface area contributed by atoms with Gasteiger partial charge in [0, 0.05) is 37.8 Å². The average molecular weight is 735 g/mol. The van der Waals surface area contributed by atoms with Crippen molar-refractivity contribution in [1.82, 2.24) is 14.8 Å².